The lowest BCUT2D eigenvalue weighted by atomic mass is 10.2. The van der Waals surface area contributed by atoms with Gasteiger partial charge in [0.15, 0.2) is 5.65 Å². The highest BCUT2D eigenvalue weighted by atomic mass is 32.1. The summed E-state index contributed by atoms with van der Waals surface area (Å²) in [6, 6.07) is 1.88. The highest BCUT2D eigenvalue weighted by Gasteiger charge is 2.10. The summed E-state index contributed by atoms with van der Waals surface area (Å²) in [5.41, 5.74) is 1.78. The Morgan fingerprint density at radius 1 is 1.56 bits per heavy atom. The van der Waals surface area contributed by atoms with Crippen LogP contribution in [-0.2, 0) is 0 Å². The average Bonchev–Trinajstić information content (AvgIpc) is 2.75. The largest absolute Gasteiger partial charge is 0.350 e. The van der Waals surface area contributed by atoms with Crippen LogP contribution in [0.4, 0.5) is 0 Å². The summed E-state index contributed by atoms with van der Waals surface area (Å²) < 4.78 is 8.03. The molecule has 0 bridgehead atoms. The fraction of sp³-hybridized carbons (Fsp3) is 0.400. The lowest BCUT2D eigenvalue weighted by molar-refractivity contribution is 0.0939. The van der Waals surface area contributed by atoms with E-state index in [0.29, 0.717) is 16.7 Å². The maximum Gasteiger partial charge on any atom is 0.253 e. The minimum Gasteiger partial charge on any atom is -0.350 e. The molecule has 16 heavy (non-hydrogen) atoms. The van der Waals surface area contributed by atoms with E-state index in [9.17, 15) is 4.79 Å². The van der Waals surface area contributed by atoms with Crippen molar-refractivity contribution in [3.8, 4) is 0 Å². The van der Waals surface area contributed by atoms with Gasteiger partial charge in [0.2, 0.25) is 0 Å². The summed E-state index contributed by atoms with van der Waals surface area (Å²) in [4.78, 5) is 15.9. The van der Waals surface area contributed by atoms with Crippen LogP contribution in [0.3, 0.4) is 0 Å². The minimum atomic E-state index is -0.114. The molecule has 2 rings (SSSR count). The molecule has 2 aromatic rings. The highest BCUT2D eigenvalue weighted by molar-refractivity contribution is 7.00. The van der Waals surface area contributed by atoms with E-state index in [0.717, 1.165) is 18.1 Å². The van der Waals surface area contributed by atoms with Gasteiger partial charge in [0, 0.05) is 12.2 Å². The Labute approximate surface area is 97.2 Å². The molecule has 84 valence electrons. The zero-order chi connectivity index (χ0) is 11.5. The second-order valence-corrected chi connectivity index (χ2v) is 4.14. The van der Waals surface area contributed by atoms with Gasteiger partial charge in [0.25, 0.3) is 5.91 Å². The standard InChI is InChI=1S/C10H12N4OS/c1-3-6(2)12-10(15)7-4-8-9(11-5-7)14-16-13-8/h4-6H,3H2,1-2H3,(H,12,15). The summed E-state index contributed by atoms with van der Waals surface area (Å²) in [5, 5.41) is 2.88. The van der Waals surface area contributed by atoms with Gasteiger partial charge < -0.3 is 5.32 Å². The van der Waals surface area contributed by atoms with Crippen molar-refractivity contribution >= 4 is 28.8 Å². The minimum absolute atomic E-state index is 0.114. The Balaban J connectivity index is 2.22. The van der Waals surface area contributed by atoms with Crippen LogP contribution in [0, 0.1) is 0 Å². The molecule has 0 saturated carbocycles. The van der Waals surface area contributed by atoms with E-state index in [1.807, 2.05) is 13.8 Å². The van der Waals surface area contributed by atoms with Gasteiger partial charge in [-0.1, -0.05) is 6.92 Å². The molecule has 1 N–H and O–H groups in total. The molecule has 0 fully saturated rings. The van der Waals surface area contributed by atoms with Gasteiger partial charge in [-0.25, -0.2) is 4.98 Å². The summed E-state index contributed by atoms with van der Waals surface area (Å²) in [6.07, 6.45) is 2.43. The van der Waals surface area contributed by atoms with Crippen LogP contribution in [0.2, 0.25) is 0 Å². The number of carbonyl (C=O) groups is 1. The summed E-state index contributed by atoms with van der Waals surface area (Å²) >= 11 is 1.10. The number of amides is 1. The number of nitrogens with zero attached hydrogens (tertiary/aromatic N) is 3. The number of hydrogen-bond acceptors (Lipinski definition) is 5. The van der Waals surface area contributed by atoms with Crippen molar-refractivity contribution in [3.63, 3.8) is 0 Å². The molecule has 0 aromatic carbocycles. The predicted molar refractivity (Wildman–Crippen MR) is 62.4 cm³/mol. The van der Waals surface area contributed by atoms with E-state index >= 15 is 0 Å². The third kappa shape index (κ3) is 2.16. The predicted octanol–water partition coefficient (Wildman–Crippen LogP) is 1.61. The van der Waals surface area contributed by atoms with Crippen LogP contribution in [-0.4, -0.2) is 25.7 Å². The van der Waals surface area contributed by atoms with Gasteiger partial charge in [0.1, 0.15) is 5.52 Å². The molecular weight excluding hydrogens is 224 g/mol. The second-order valence-electron chi connectivity index (χ2n) is 3.61. The van der Waals surface area contributed by atoms with Crippen LogP contribution in [0.1, 0.15) is 30.6 Å². The molecule has 0 saturated heterocycles. The first-order valence-corrected chi connectivity index (χ1v) is 5.83. The van der Waals surface area contributed by atoms with Gasteiger partial charge >= 0.3 is 0 Å². The van der Waals surface area contributed by atoms with Crippen LogP contribution >= 0.6 is 11.7 Å². The highest BCUT2D eigenvalue weighted by Crippen LogP contribution is 2.10. The molecule has 0 aliphatic rings. The normalized spacial score (nSPS) is 12.6. The molecule has 0 radical (unpaired) electrons. The topological polar surface area (TPSA) is 67.8 Å². The van der Waals surface area contributed by atoms with E-state index in [-0.39, 0.29) is 11.9 Å². The third-order valence-electron chi connectivity index (χ3n) is 2.37. The Kier molecular flexibility index (Phi) is 3.09. The molecular formula is C10H12N4OS. The van der Waals surface area contributed by atoms with Crippen molar-refractivity contribution in [2.75, 3.05) is 0 Å². The van der Waals surface area contributed by atoms with Crippen LogP contribution in [0.25, 0.3) is 11.2 Å². The molecule has 6 heteroatoms. The zero-order valence-corrected chi connectivity index (χ0v) is 9.91. The van der Waals surface area contributed by atoms with Crippen LogP contribution in [0.15, 0.2) is 12.3 Å². The third-order valence-corrected chi connectivity index (χ3v) is 2.90. The molecule has 1 atom stereocenters. The first kappa shape index (κ1) is 10.9. The molecule has 1 amide bonds. The number of pyridine rings is 1. The maximum atomic E-state index is 11.8. The summed E-state index contributed by atoms with van der Waals surface area (Å²) in [7, 11) is 0. The first-order valence-electron chi connectivity index (χ1n) is 5.10. The Morgan fingerprint density at radius 3 is 3.12 bits per heavy atom. The van der Waals surface area contributed by atoms with E-state index < -0.39 is 0 Å². The van der Waals surface area contributed by atoms with Gasteiger partial charge in [0.05, 0.1) is 17.3 Å². The van der Waals surface area contributed by atoms with E-state index in [2.05, 4.69) is 19.0 Å². The zero-order valence-electron chi connectivity index (χ0n) is 9.10. The van der Waals surface area contributed by atoms with E-state index in [1.54, 1.807) is 6.07 Å². The van der Waals surface area contributed by atoms with Crippen molar-refractivity contribution in [3.05, 3.63) is 17.8 Å². The number of aromatic nitrogens is 3. The van der Waals surface area contributed by atoms with E-state index in [4.69, 9.17) is 0 Å². The smallest absolute Gasteiger partial charge is 0.253 e. The number of carbonyl (C=O) groups excluding carboxylic acids is 1. The average molecular weight is 236 g/mol. The Bertz CT molecular complexity index is 510. The van der Waals surface area contributed by atoms with Crippen molar-refractivity contribution in [2.24, 2.45) is 0 Å². The van der Waals surface area contributed by atoms with Gasteiger partial charge in [-0.05, 0) is 19.4 Å². The second kappa shape index (κ2) is 4.52. The maximum absolute atomic E-state index is 11.8. The van der Waals surface area contributed by atoms with Crippen LogP contribution in [0.5, 0.6) is 0 Å². The van der Waals surface area contributed by atoms with E-state index in [1.165, 1.54) is 6.20 Å². The Morgan fingerprint density at radius 2 is 2.38 bits per heavy atom. The van der Waals surface area contributed by atoms with Gasteiger partial charge in [-0.15, -0.1) is 0 Å². The summed E-state index contributed by atoms with van der Waals surface area (Å²) in [5.74, 6) is -0.114. The lowest BCUT2D eigenvalue weighted by Gasteiger charge is -2.10. The van der Waals surface area contributed by atoms with Gasteiger partial charge in [-0.3, -0.25) is 4.79 Å². The number of rotatable bonds is 3. The van der Waals surface area contributed by atoms with Crippen molar-refractivity contribution < 1.29 is 4.79 Å². The van der Waals surface area contributed by atoms with Crippen LogP contribution < -0.4 is 5.32 Å². The van der Waals surface area contributed by atoms with Crippen molar-refractivity contribution in [1.29, 1.82) is 0 Å². The molecule has 0 aliphatic carbocycles. The molecule has 2 aromatic heterocycles. The van der Waals surface area contributed by atoms with Crippen molar-refractivity contribution in [1.82, 2.24) is 19.0 Å². The molecule has 2 heterocycles. The molecule has 0 spiro atoms. The fourth-order valence-electron chi connectivity index (χ4n) is 1.22. The summed E-state index contributed by atoms with van der Waals surface area (Å²) in [6.45, 7) is 3.99. The number of nitrogens with one attached hydrogen (secondary N) is 1. The Hall–Kier alpha value is -1.56. The lowest BCUT2D eigenvalue weighted by Crippen LogP contribution is -2.31. The number of fused-ring (bicyclic) bond motifs is 1. The van der Waals surface area contributed by atoms with Gasteiger partial charge in [-0.2, -0.15) is 8.75 Å². The van der Waals surface area contributed by atoms with Crippen molar-refractivity contribution in [2.45, 2.75) is 26.3 Å². The monoisotopic (exact) mass is 236 g/mol. The first-order chi connectivity index (χ1) is 7.70. The number of hydrogen-bond donors (Lipinski definition) is 1. The SMILES string of the molecule is CCC(C)NC(=O)c1cnc2nsnc2c1. The quantitative estimate of drug-likeness (QED) is 0.879. The molecule has 0 aliphatic heterocycles. The molecule has 1 unspecified atom stereocenters. The fourth-order valence-corrected chi connectivity index (χ4v) is 1.70. The molecule has 5 nitrogen and oxygen atoms in total.